The fourth-order valence-corrected chi connectivity index (χ4v) is 2.47. The molecule has 1 fully saturated rings. The van der Waals surface area contributed by atoms with Crippen molar-refractivity contribution in [1.29, 1.82) is 0 Å². The van der Waals surface area contributed by atoms with Crippen LogP contribution in [-0.4, -0.2) is 62.5 Å². The maximum Gasteiger partial charge on any atom is 0.257 e. The molecule has 0 spiro atoms. The number of hydrogen-bond donors (Lipinski definition) is 2. The van der Waals surface area contributed by atoms with Gasteiger partial charge >= 0.3 is 0 Å². The highest BCUT2D eigenvalue weighted by molar-refractivity contribution is 5.94. The number of Topliss-reactive ketones (excluding diaryl/α,β-unsaturated/α-hetero) is 1. The Kier molecular flexibility index (Phi) is 7.03. The van der Waals surface area contributed by atoms with E-state index in [1.54, 1.807) is 24.3 Å². The molecule has 23 heavy (non-hydrogen) atoms. The SMILES string of the molecule is CC(=O)c1cccc(OCC(=O)NCCCN2CCNCC2)c1. The van der Waals surface area contributed by atoms with Crippen LogP contribution in [0.25, 0.3) is 0 Å². The lowest BCUT2D eigenvalue weighted by atomic mass is 10.1. The minimum atomic E-state index is -0.140. The summed E-state index contributed by atoms with van der Waals surface area (Å²) in [4.78, 5) is 25.5. The molecule has 1 aromatic rings. The van der Waals surface area contributed by atoms with Crippen LogP contribution in [0.15, 0.2) is 24.3 Å². The van der Waals surface area contributed by atoms with Crippen molar-refractivity contribution in [3.63, 3.8) is 0 Å². The first-order chi connectivity index (χ1) is 11.1. The molecule has 2 N–H and O–H groups in total. The normalized spacial score (nSPS) is 15.2. The first kappa shape index (κ1) is 17.4. The summed E-state index contributed by atoms with van der Waals surface area (Å²) >= 11 is 0. The summed E-state index contributed by atoms with van der Waals surface area (Å²) in [6.07, 6.45) is 0.936. The van der Waals surface area contributed by atoms with Crippen molar-refractivity contribution in [3.05, 3.63) is 29.8 Å². The molecule has 1 aliphatic heterocycles. The van der Waals surface area contributed by atoms with Crippen LogP contribution in [0.4, 0.5) is 0 Å². The quantitative estimate of drug-likeness (QED) is 0.545. The fourth-order valence-electron chi connectivity index (χ4n) is 2.47. The Morgan fingerprint density at radius 3 is 2.83 bits per heavy atom. The third-order valence-electron chi connectivity index (χ3n) is 3.79. The van der Waals surface area contributed by atoms with Crippen molar-refractivity contribution in [1.82, 2.24) is 15.5 Å². The Morgan fingerprint density at radius 1 is 1.30 bits per heavy atom. The zero-order valence-electron chi connectivity index (χ0n) is 13.6. The first-order valence-electron chi connectivity index (χ1n) is 8.09. The van der Waals surface area contributed by atoms with E-state index in [0.717, 1.165) is 39.1 Å². The number of carbonyl (C=O) groups is 2. The zero-order valence-corrected chi connectivity index (χ0v) is 13.6. The molecule has 1 heterocycles. The predicted molar refractivity (Wildman–Crippen MR) is 88.9 cm³/mol. The maximum absolute atomic E-state index is 11.8. The Morgan fingerprint density at radius 2 is 2.09 bits per heavy atom. The molecule has 6 nitrogen and oxygen atoms in total. The standard InChI is InChI=1S/C17H25N3O3/c1-14(21)15-4-2-5-16(12-15)23-13-17(22)19-6-3-9-20-10-7-18-8-11-20/h2,4-5,12,18H,3,6-11,13H2,1H3,(H,19,22). The van der Waals surface area contributed by atoms with Gasteiger partial charge in [0, 0.05) is 38.3 Å². The Labute approximate surface area is 137 Å². The molecule has 1 saturated heterocycles. The van der Waals surface area contributed by atoms with E-state index in [4.69, 9.17) is 4.74 Å². The van der Waals surface area contributed by atoms with Crippen LogP contribution in [0, 0.1) is 0 Å². The number of ketones is 1. The van der Waals surface area contributed by atoms with Crippen molar-refractivity contribution < 1.29 is 14.3 Å². The number of piperazine rings is 1. The number of nitrogens with zero attached hydrogens (tertiary/aromatic N) is 1. The van der Waals surface area contributed by atoms with Gasteiger partial charge in [0.2, 0.25) is 0 Å². The third-order valence-corrected chi connectivity index (χ3v) is 3.79. The summed E-state index contributed by atoms with van der Waals surface area (Å²) in [5.41, 5.74) is 0.582. The van der Waals surface area contributed by atoms with E-state index in [0.29, 0.717) is 17.9 Å². The molecule has 1 aliphatic rings. The second-order valence-electron chi connectivity index (χ2n) is 5.67. The molecule has 6 heteroatoms. The van der Waals surface area contributed by atoms with E-state index < -0.39 is 0 Å². The van der Waals surface area contributed by atoms with Gasteiger partial charge in [0.1, 0.15) is 5.75 Å². The first-order valence-corrected chi connectivity index (χ1v) is 8.09. The van der Waals surface area contributed by atoms with E-state index in [2.05, 4.69) is 15.5 Å². The molecule has 0 atom stereocenters. The third kappa shape index (κ3) is 6.38. The highest BCUT2D eigenvalue weighted by Gasteiger charge is 2.09. The Balaban J connectivity index is 1.61. The smallest absolute Gasteiger partial charge is 0.257 e. The van der Waals surface area contributed by atoms with Crippen LogP contribution < -0.4 is 15.4 Å². The summed E-state index contributed by atoms with van der Waals surface area (Å²) in [6, 6.07) is 6.87. The van der Waals surface area contributed by atoms with Gasteiger partial charge in [-0.25, -0.2) is 0 Å². The highest BCUT2D eigenvalue weighted by Crippen LogP contribution is 2.13. The number of ether oxygens (including phenoxy) is 1. The topological polar surface area (TPSA) is 70.7 Å². The molecule has 2 rings (SSSR count). The van der Waals surface area contributed by atoms with Gasteiger partial charge in [-0.15, -0.1) is 0 Å². The maximum atomic E-state index is 11.8. The van der Waals surface area contributed by atoms with E-state index in [9.17, 15) is 9.59 Å². The van der Waals surface area contributed by atoms with Crippen LogP contribution in [0.1, 0.15) is 23.7 Å². The van der Waals surface area contributed by atoms with E-state index in [1.807, 2.05) is 0 Å². The van der Waals surface area contributed by atoms with Gasteiger partial charge in [-0.05, 0) is 32.0 Å². The number of nitrogens with one attached hydrogen (secondary N) is 2. The molecule has 0 radical (unpaired) electrons. The number of rotatable bonds is 8. The van der Waals surface area contributed by atoms with E-state index in [1.165, 1.54) is 6.92 Å². The predicted octanol–water partition coefficient (Wildman–Crippen LogP) is 0.680. The van der Waals surface area contributed by atoms with Gasteiger partial charge in [0.15, 0.2) is 12.4 Å². The molecule has 0 saturated carbocycles. The van der Waals surface area contributed by atoms with Gasteiger partial charge in [-0.1, -0.05) is 12.1 Å². The summed E-state index contributed by atoms with van der Waals surface area (Å²) in [7, 11) is 0. The van der Waals surface area contributed by atoms with Crippen LogP contribution in [0.2, 0.25) is 0 Å². The lowest BCUT2D eigenvalue weighted by Crippen LogP contribution is -2.44. The number of benzene rings is 1. The van der Waals surface area contributed by atoms with E-state index in [-0.39, 0.29) is 18.3 Å². The number of carbonyl (C=O) groups excluding carboxylic acids is 2. The fraction of sp³-hybridized carbons (Fsp3) is 0.529. The van der Waals surface area contributed by atoms with Crippen molar-refractivity contribution >= 4 is 11.7 Å². The minimum Gasteiger partial charge on any atom is -0.484 e. The zero-order chi connectivity index (χ0) is 16.5. The molecular formula is C17H25N3O3. The van der Waals surface area contributed by atoms with Crippen LogP contribution in [0.3, 0.4) is 0 Å². The van der Waals surface area contributed by atoms with Crippen LogP contribution in [-0.2, 0) is 4.79 Å². The molecular weight excluding hydrogens is 294 g/mol. The van der Waals surface area contributed by atoms with Gasteiger partial charge < -0.3 is 20.3 Å². The van der Waals surface area contributed by atoms with Crippen molar-refractivity contribution in [2.45, 2.75) is 13.3 Å². The lowest BCUT2D eigenvalue weighted by Gasteiger charge is -2.27. The summed E-state index contributed by atoms with van der Waals surface area (Å²) < 4.78 is 5.42. The van der Waals surface area contributed by atoms with Crippen molar-refractivity contribution in [3.8, 4) is 5.75 Å². The highest BCUT2D eigenvalue weighted by atomic mass is 16.5. The van der Waals surface area contributed by atoms with Gasteiger partial charge in [-0.2, -0.15) is 0 Å². The number of hydrogen-bond acceptors (Lipinski definition) is 5. The molecule has 1 aromatic carbocycles. The van der Waals surface area contributed by atoms with Gasteiger partial charge in [0.05, 0.1) is 0 Å². The van der Waals surface area contributed by atoms with Crippen LogP contribution >= 0.6 is 0 Å². The Hall–Kier alpha value is -1.92. The average Bonchev–Trinajstić information content (AvgIpc) is 2.58. The summed E-state index contributed by atoms with van der Waals surface area (Å²) in [5, 5.41) is 6.17. The molecule has 0 aromatic heterocycles. The van der Waals surface area contributed by atoms with Crippen molar-refractivity contribution in [2.75, 3.05) is 45.9 Å². The molecule has 0 aliphatic carbocycles. The Bertz CT molecular complexity index is 528. The second kappa shape index (κ2) is 9.27. The van der Waals surface area contributed by atoms with Crippen molar-refractivity contribution in [2.24, 2.45) is 0 Å². The lowest BCUT2D eigenvalue weighted by molar-refractivity contribution is -0.123. The minimum absolute atomic E-state index is 0.0205. The average molecular weight is 319 g/mol. The monoisotopic (exact) mass is 319 g/mol. The number of amides is 1. The molecule has 0 unspecified atom stereocenters. The van der Waals surface area contributed by atoms with E-state index >= 15 is 0 Å². The van der Waals surface area contributed by atoms with Gasteiger partial charge in [-0.3, -0.25) is 9.59 Å². The summed E-state index contributed by atoms with van der Waals surface area (Å²) in [5.74, 6) is 0.375. The molecule has 1 amide bonds. The molecule has 0 bridgehead atoms. The van der Waals surface area contributed by atoms with Gasteiger partial charge in [0.25, 0.3) is 5.91 Å². The molecule has 126 valence electrons. The summed E-state index contributed by atoms with van der Waals surface area (Å²) in [6.45, 7) is 7.36. The second-order valence-corrected chi connectivity index (χ2v) is 5.67. The van der Waals surface area contributed by atoms with Crippen LogP contribution in [0.5, 0.6) is 5.75 Å². The largest absolute Gasteiger partial charge is 0.484 e.